The molecule has 3 heterocycles. The minimum atomic E-state index is 0. The van der Waals surface area contributed by atoms with E-state index in [4.69, 9.17) is 0 Å². The molecule has 15 heavy (non-hydrogen) atoms. The van der Waals surface area contributed by atoms with Crippen LogP contribution in [-0.2, 0) is 35.2 Å². The summed E-state index contributed by atoms with van der Waals surface area (Å²) in [6.45, 7) is 0. The van der Waals surface area contributed by atoms with Gasteiger partial charge in [-0.2, -0.15) is 0 Å². The van der Waals surface area contributed by atoms with E-state index in [-0.39, 0.29) is 21.1 Å². The molecule has 0 aromatic heterocycles. The molecule has 3 aliphatic heterocycles. The summed E-state index contributed by atoms with van der Waals surface area (Å²) >= 11 is 0. The van der Waals surface area contributed by atoms with Gasteiger partial charge in [0.05, 0.1) is 0 Å². The van der Waals surface area contributed by atoms with Crippen LogP contribution in [0.25, 0.3) is 11.4 Å². The number of imidazole rings is 2. The van der Waals surface area contributed by atoms with Gasteiger partial charge in [-0.15, -0.1) is 24.5 Å². The van der Waals surface area contributed by atoms with Gasteiger partial charge in [-0.25, -0.2) is 0 Å². The molecule has 0 N–H and O–H groups in total. The zero-order valence-corrected chi connectivity index (χ0v) is 11.6. The molecule has 4 nitrogen and oxygen atoms in total. The van der Waals surface area contributed by atoms with Crippen molar-refractivity contribution < 1.29 is 21.1 Å². The molecule has 5 heteroatoms. The van der Waals surface area contributed by atoms with Crippen molar-refractivity contribution in [2.24, 2.45) is 14.1 Å². The SMILES string of the molecule is Cn1cc2ccc3cn(C)[cH-]n-3n-2[cH-]1.[W+2]. The van der Waals surface area contributed by atoms with Gasteiger partial charge >= 0.3 is 21.1 Å². The van der Waals surface area contributed by atoms with E-state index in [1.807, 2.05) is 14.1 Å². The third kappa shape index (κ3) is 1.49. The van der Waals surface area contributed by atoms with E-state index in [1.54, 1.807) is 0 Å². The van der Waals surface area contributed by atoms with Crippen molar-refractivity contribution in [3.8, 4) is 11.4 Å². The summed E-state index contributed by atoms with van der Waals surface area (Å²) in [5.74, 6) is 0. The molecule has 0 saturated heterocycles. The van der Waals surface area contributed by atoms with Crippen molar-refractivity contribution in [2.75, 3.05) is 0 Å². The summed E-state index contributed by atoms with van der Waals surface area (Å²) in [5, 5.41) is 0. The Balaban J connectivity index is 0.000000853. The van der Waals surface area contributed by atoms with Gasteiger partial charge in [0.2, 0.25) is 0 Å². The van der Waals surface area contributed by atoms with E-state index in [0.29, 0.717) is 0 Å². The smallest absolute Gasteiger partial charge is 0.454 e. The summed E-state index contributed by atoms with van der Waals surface area (Å²) in [6, 6.07) is 4.24. The van der Waals surface area contributed by atoms with Crippen LogP contribution in [0.4, 0.5) is 0 Å². The van der Waals surface area contributed by atoms with Gasteiger partial charge in [0.25, 0.3) is 0 Å². The Kier molecular flexibility index (Phi) is 2.39. The maximum atomic E-state index is 2.12. The summed E-state index contributed by atoms with van der Waals surface area (Å²) < 4.78 is 8.34. The number of rotatable bonds is 0. The summed E-state index contributed by atoms with van der Waals surface area (Å²) in [4.78, 5) is 0. The molecule has 0 bridgehead atoms. The van der Waals surface area contributed by atoms with Crippen LogP contribution >= 0.6 is 0 Å². The average molecular weight is 372 g/mol. The first kappa shape index (κ1) is 10.4. The van der Waals surface area contributed by atoms with Crippen molar-refractivity contribution in [3.05, 3.63) is 37.2 Å². The molecule has 0 aromatic rings. The van der Waals surface area contributed by atoms with Crippen molar-refractivity contribution in [3.63, 3.8) is 0 Å². The minimum Gasteiger partial charge on any atom is -0.454 e. The minimum absolute atomic E-state index is 0. The topological polar surface area (TPSA) is 19.7 Å². The van der Waals surface area contributed by atoms with Crippen LogP contribution in [0.5, 0.6) is 0 Å². The molecule has 0 saturated carbocycles. The predicted octanol–water partition coefficient (Wildman–Crippen LogP) is 1.38. The summed E-state index contributed by atoms with van der Waals surface area (Å²) in [6.07, 6.45) is 8.31. The van der Waals surface area contributed by atoms with E-state index in [1.165, 1.54) is 11.4 Å². The van der Waals surface area contributed by atoms with Crippen molar-refractivity contribution >= 4 is 0 Å². The van der Waals surface area contributed by atoms with E-state index >= 15 is 0 Å². The fraction of sp³-hybridized carbons (Fsp3) is 0.200. The molecule has 0 spiro atoms. The first-order valence-electron chi connectivity index (χ1n) is 4.58. The van der Waals surface area contributed by atoms with Crippen LogP contribution in [0.15, 0.2) is 37.2 Å². The van der Waals surface area contributed by atoms with Gasteiger partial charge in [0.15, 0.2) is 0 Å². The number of fused-ring (bicyclic) bond motifs is 3. The zero-order valence-electron chi connectivity index (χ0n) is 8.66. The maximum absolute atomic E-state index is 2.12. The Morgan fingerprint density at radius 1 is 0.867 bits per heavy atom. The number of hydrogen-bond donors (Lipinski definition) is 0. The van der Waals surface area contributed by atoms with Crippen molar-refractivity contribution in [1.82, 2.24) is 18.5 Å². The molecule has 3 aliphatic rings. The molecule has 0 aromatic carbocycles. The molecular weight excluding hydrogens is 360 g/mol. The van der Waals surface area contributed by atoms with Gasteiger partial charge in [-0.05, 0) is 26.7 Å². The molecule has 0 fully saturated rings. The fourth-order valence-electron chi connectivity index (χ4n) is 1.85. The van der Waals surface area contributed by atoms with Crippen LogP contribution < -0.4 is 0 Å². The number of aryl methyl sites for hydroxylation is 2. The summed E-state index contributed by atoms with van der Waals surface area (Å²) in [7, 11) is 4.06. The largest absolute Gasteiger partial charge is 2.00 e. The van der Waals surface area contributed by atoms with Crippen molar-refractivity contribution in [2.45, 2.75) is 0 Å². The van der Waals surface area contributed by atoms with Gasteiger partial charge in [0, 0.05) is 0 Å². The Morgan fingerprint density at radius 3 is 1.67 bits per heavy atom. The first-order valence-corrected chi connectivity index (χ1v) is 4.58. The van der Waals surface area contributed by atoms with Crippen molar-refractivity contribution in [1.29, 1.82) is 0 Å². The first-order chi connectivity index (χ1) is 6.74. The monoisotopic (exact) mass is 372 g/mol. The van der Waals surface area contributed by atoms with Crippen LogP contribution in [0.2, 0.25) is 0 Å². The molecule has 0 unspecified atom stereocenters. The molecule has 0 amide bonds. The molecule has 0 radical (unpaired) electrons. The second-order valence-electron chi connectivity index (χ2n) is 3.69. The second-order valence-corrected chi connectivity index (χ2v) is 3.69. The van der Waals surface area contributed by atoms with E-state index in [9.17, 15) is 0 Å². The van der Waals surface area contributed by atoms with Crippen LogP contribution in [0.3, 0.4) is 0 Å². The molecule has 0 atom stereocenters. The van der Waals surface area contributed by atoms with Crippen LogP contribution in [0.1, 0.15) is 0 Å². The number of aromatic nitrogens is 4. The normalized spacial score (nSPS) is 10.8. The summed E-state index contributed by atoms with van der Waals surface area (Å²) in [5.41, 5.74) is 2.38. The van der Waals surface area contributed by atoms with E-state index in [2.05, 4.69) is 55.7 Å². The molecule has 3 rings (SSSR count). The standard InChI is InChI=1S/C10H12N4.W/c1-11-5-9-3-4-10-6-12(2)8-14(10)13(9)7-11;/h3-8H,1-2H3;/q-2;+2. The van der Waals surface area contributed by atoms with Gasteiger partial charge in [-0.3, -0.25) is 0 Å². The third-order valence-corrected chi connectivity index (χ3v) is 2.44. The van der Waals surface area contributed by atoms with Gasteiger partial charge in [-0.1, -0.05) is 11.4 Å². The Bertz CT molecular complexity index is 490. The zero-order chi connectivity index (χ0) is 9.71. The number of nitrogens with zero attached hydrogens (tertiary/aromatic N) is 4. The van der Waals surface area contributed by atoms with E-state index in [0.717, 1.165) is 0 Å². The van der Waals surface area contributed by atoms with Gasteiger partial charge < -0.3 is 18.5 Å². The van der Waals surface area contributed by atoms with E-state index < -0.39 is 0 Å². The van der Waals surface area contributed by atoms with Crippen LogP contribution in [0, 0.1) is 0 Å². The quantitative estimate of drug-likeness (QED) is 0.532. The molecule has 0 aliphatic carbocycles. The maximum Gasteiger partial charge on any atom is 2.00 e. The fourth-order valence-corrected chi connectivity index (χ4v) is 1.85. The molecular formula is C10H12N4W. The average Bonchev–Trinajstić information content (AvgIpc) is 2.65. The Labute approximate surface area is 102 Å². The Hall–Kier alpha value is -1.15. The third-order valence-electron chi connectivity index (χ3n) is 2.44. The molecule has 78 valence electrons. The number of hydrogen-bond acceptors (Lipinski definition) is 0. The Morgan fingerprint density at radius 2 is 1.27 bits per heavy atom. The van der Waals surface area contributed by atoms with Gasteiger partial charge in [0.1, 0.15) is 0 Å². The predicted molar refractivity (Wildman–Crippen MR) is 54.2 cm³/mol. The second kappa shape index (κ2) is 3.46. The van der Waals surface area contributed by atoms with Crippen LogP contribution in [-0.4, -0.2) is 18.5 Å².